The number of anilines is 1. The van der Waals surface area contributed by atoms with Crippen LogP contribution in [0, 0.1) is 0 Å². The molecule has 1 unspecified atom stereocenters. The summed E-state index contributed by atoms with van der Waals surface area (Å²) in [6.45, 7) is 9.13. The van der Waals surface area contributed by atoms with E-state index in [1.807, 2.05) is 12.1 Å². The highest BCUT2D eigenvalue weighted by atomic mass is 16.5. The number of hydrogen-bond acceptors (Lipinski definition) is 7. The van der Waals surface area contributed by atoms with E-state index in [0.29, 0.717) is 42.2 Å². The Morgan fingerprint density at radius 1 is 0.745 bits per heavy atom. The van der Waals surface area contributed by atoms with Gasteiger partial charge in [-0.05, 0) is 122 Å². The van der Waals surface area contributed by atoms with Gasteiger partial charge in [0.05, 0.1) is 24.8 Å². The summed E-state index contributed by atoms with van der Waals surface area (Å²) in [4.78, 5) is 45.0. The van der Waals surface area contributed by atoms with Gasteiger partial charge in [0.15, 0.2) is 0 Å². The molecule has 9 nitrogen and oxygen atoms in total. The Bertz CT molecular complexity index is 2060. The molecule has 8 rings (SSSR count). The van der Waals surface area contributed by atoms with Gasteiger partial charge in [-0.2, -0.15) is 0 Å². The minimum Gasteiger partial charge on any atom is -0.497 e. The number of rotatable bonds is 12. The number of piperidine rings is 1. The molecule has 4 aromatic rings. The predicted octanol–water partition coefficient (Wildman–Crippen LogP) is 7.32. The normalized spacial score (nSPS) is 21.3. The molecular weight excluding hydrogens is 689 g/mol. The van der Waals surface area contributed by atoms with Gasteiger partial charge in [-0.15, -0.1) is 0 Å². The number of nitrogens with one attached hydrogen (secondary N) is 1. The summed E-state index contributed by atoms with van der Waals surface area (Å²) in [5, 5.41) is 2.69. The molecule has 284 valence electrons. The fourth-order valence-corrected chi connectivity index (χ4v) is 8.94. The van der Waals surface area contributed by atoms with Crippen LogP contribution in [0.1, 0.15) is 93.3 Å². The zero-order valence-corrected chi connectivity index (χ0v) is 31.7. The predicted molar refractivity (Wildman–Crippen MR) is 214 cm³/mol. The fourth-order valence-electron chi connectivity index (χ4n) is 8.94. The van der Waals surface area contributed by atoms with Crippen molar-refractivity contribution >= 4 is 23.4 Å². The molecule has 3 amide bonds. The fraction of sp³-hybridized carbons (Fsp3) is 0.370. The van der Waals surface area contributed by atoms with E-state index in [-0.39, 0.29) is 11.8 Å². The SMILES string of the molecule is C=C1CCC(N2C(=O)c3ccc(N4CCN(CCCCCOc5ccc([C@@H]6c7ccc(OC)cc7CC[C@@H]6c6ccccc6)cc5)CC4)cc3C2=O)C(=O)N1. The van der Waals surface area contributed by atoms with Crippen LogP contribution in [0.15, 0.2) is 103 Å². The highest BCUT2D eigenvalue weighted by Gasteiger charge is 2.44. The number of fused-ring (bicyclic) bond motifs is 2. The van der Waals surface area contributed by atoms with E-state index in [1.54, 1.807) is 13.2 Å². The number of piperazine rings is 1. The van der Waals surface area contributed by atoms with Crippen LogP contribution >= 0.6 is 0 Å². The molecule has 1 N–H and O–H groups in total. The quantitative estimate of drug-likeness (QED) is 0.120. The van der Waals surface area contributed by atoms with E-state index in [2.05, 4.69) is 94.5 Å². The summed E-state index contributed by atoms with van der Waals surface area (Å²) in [5.41, 5.74) is 7.78. The number of carbonyl (C=O) groups is 3. The minimum absolute atomic E-state index is 0.279. The maximum absolute atomic E-state index is 13.3. The summed E-state index contributed by atoms with van der Waals surface area (Å²) in [7, 11) is 1.74. The molecule has 4 aliphatic rings. The van der Waals surface area contributed by atoms with Gasteiger partial charge < -0.3 is 19.7 Å². The average molecular weight is 739 g/mol. The first-order valence-corrected chi connectivity index (χ1v) is 19.8. The third-order valence-corrected chi connectivity index (χ3v) is 11.9. The molecule has 2 saturated heterocycles. The number of imide groups is 1. The van der Waals surface area contributed by atoms with Crippen LogP contribution in [0.3, 0.4) is 0 Å². The maximum Gasteiger partial charge on any atom is 0.262 e. The summed E-state index contributed by atoms with van der Waals surface area (Å²) in [6, 6.07) is 30.9. The molecular formula is C46H50N4O5. The zero-order valence-electron chi connectivity index (χ0n) is 31.7. The number of amides is 3. The van der Waals surface area contributed by atoms with Crippen LogP contribution in [0.25, 0.3) is 0 Å². The van der Waals surface area contributed by atoms with Crippen molar-refractivity contribution in [3.8, 4) is 11.5 Å². The second kappa shape index (κ2) is 16.1. The Labute approximate surface area is 323 Å². The Kier molecular flexibility index (Phi) is 10.7. The lowest BCUT2D eigenvalue weighted by Gasteiger charge is -2.36. The molecule has 0 spiro atoms. The van der Waals surface area contributed by atoms with Gasteiger partial charge in [-0.1, -0.05) is 55.1 Å². The number of hydrogen-bond donors (Lipinski definition) is 1. The van der Waals surface area contributed by atoms with Crippen molar-refractivity contribution in [2.45, 2.75) is 62.8 Å². The minimum atomic E-state index is -0.798. The first kappa shape index (κ1) is 36.6. The first-order chi connectivity index (χ1) is 26.9. The van der Waals surface area contributed by atoms with Gasteiger partial charge in [0.25, 0.3) is 11.8 Å². The Morgan fingerprint density at radius 2 is 1.51 bits per heavy atom. The summed E-state index contributed by atoms with van der Waals surface area (Å²) in [6.07, 6.45) is 6.31. The van der Waals surface area contributed by atoms with Crippen LogP contribution in [0.2, 0.25) is 0 Å². The monoisotopic (exact) mass is 738 g/mol. The van der Waals surface area contributed by atoms with Crippen molar-refractivity contribution < 1.29 is 23.9 Å². The lowest BCUT2D eigenvalue weighted by Crippen LogP contribution is -2.51. The molecule has 3 aliphatic heterocycles. The second-order valence-electron chi connectivity index (χ2n) is 15.3. The highest BCUT2D eigenvalue weighted by molar-refractivity contribution is 6.23. The van der Waals surface area contributed by atoms with Crippen LogP contribution in [-0.2, 0) is 11.2 Å². The smallest absolute Gasteiger partial charge is 0.262 e. The number of ether oxygens (including phenoxy) is 2. The highest BCUT2D eigenvalue weighted by Crippen LogP contribution is 2.47. The molecule has 1 aliphatic carbocycles. The Morgan fingerprint density at radius 3 is 2.27 bits per heavy atom. The van der Waals surface area contributed by atoms with E-state index >= 15 is 0 Å². The average Bonchev–Trinajstić information content (AvgIpc) is 3.47. The lowest BCUT2D eigenvalue weighted by molar-refractivity contribution is -0.125. The molecule has 0 aromatic heterocycles. The number of allylic oxidation sites excluding steroid dienone is 1. The number of methoxy groups -OCH3 is 1. The molecule has 2 fully saturated rings. The molecule has 4 aromatic carbocycles. The van der Waals surface area contributed by atoms with Crippen molar-refractivity contribution in [3.05, 3.63) is 137 Å². The Hall–Kier alpha value is -5.41. The summed E-state index contributed by atoms with van der Waals surface area (Å²) in [5.74, 6) is 1.40. The van der Waals surface area contributed by atoms with Gasteiger partial charge >= 0.3 is 0 Å². The Balaban J connectivity index is 0.786. The van der Waals surface area contributed by atoms with Crippen LogP contribution < -0.4 is 19.7 Å². The summed E-state index contributed by atoms with van der Waals surface area (Å²) < 4.78 is 11.8. The summed E-state index contributed by atoms with van der Waals surface area (Å²) >= 11 is 0. The van der Waals surface area contributed by atoms with Gasteiger partial charge in [0.1, 0.15) is 17.5 Å². The molecule has 3 atom stereocenters. The van der Waals surface area contributed by atoms with Gasteiger partial charge in [-0.25, -0.2) is 0 Å². The first-order valence-electron chi connectivity index (χ1n) is 19.8. The van der Waals surface area contributed by atoms with Gasteiger partial charge in [0.2, 0.25) is 5.91 Å². The third kappa shape index (κ3) is 7.63. The standard InChI is InChI=1S/C46H50N4O5/c1-31-11-22-42(44(51)47-31)50-45(52)40-20-15-35(30-41(40)46(50)53)49-26-24-48(25-27-49)23-7-4-8-28-55-36-16-12-33(13-17-36)43-38(32-9-5-3-6-10-32)19-14-34-29-37(54-2)18-21-39(34)43/h3,5-6,9-10,12-13,15-18,20-21,29-30,38,42-43H,1,4,7-8,11,14,19,22-28H2,2H3,(H,47,51)/t38-,42?,43+/m1/s1. The van der Waals surface area contributed by atoms with Crippen LogP contribution in [0.5, 0.6) is 11.5 Å². The molecule has 3 heterocycles. The molecule has 55 heavy (non-hydrogen) atoms. The van der Waals surface area contributed by atoms with Gasteiger partial charge in [0, 0.05) is 43.5 Å². The van der Waals surface area contributed by atoms with E-state index in [1.165, 1.54) is 22.3 Å². The van der Waals surface area contributed by atoms with E-state index in [0.717, 1.165) is 86.9 Å². The van der Waals surface area contributed by atoms with E-state index < -0.39 is 17.9 Å². The molecule has 0 bridgehead atoms. The largest absolute Gasteiger partial charge is 0.497 e. The lowest BCUT2D eigenvalue weighted by atomic mass is 9.69. The van der Waals surface area contributed by atoms with Crippen LogP contribution in [0.4, 0.5) is 5.69 Å². The van der Waals surface area contributed by atoms with E-state index in [9.17, 15) is 14.4 Å². The molecule has 0 saturated carbocycles. The van der Waals surface area contributed by atoms with Gasteiger partial charge in [-0.3, -0.25) is 24.2 Å². The number of benzene rings is 4. The second-order valence-corrected chi connectivity index (χ2v) is 15.3. The third-order valence-electron chi connectivity index (χ3n) is 11.9. The number of carbonyl (C=O) groups excluding carboxylic acids is 3. The van der Waals surface area contributed by atoms with Crippen molar-refractivity contribution in [1.82, 2.24) is 15.1 Å². The van der Waals surface area contributed by atoms with E-state index in [4.69, 9.17) is 9.47 Å². The topological polar surface area (TPSA) is 91.4 Å². The molecule has 9 heteroatoms. The van der Waals surface area contributed by atoms with Crippen molar-refractivity contribution in [1.29, 1.82) is 0 Å². The molecule has 0 radical (unpaired) electrons. The van der Waals surface area contributed by atoms with Crippen LogP contribution in [-0.4, -0.2) is 80.0 Å². The zero-order chi connectivity index (χ0) is 37.9. The number of unbranched alkanes of at least 4 members (excludes halogenated alkanes) is 2. The number of aryl methyl sites for hydroxylation is 1. The van der Waals surface area contributed by atoms with Crippen molar-refractivity contribution in [2.75, 3.05) is 51.3 Å². The van der Waals surface area contributed by atoms with Crippen molar-refractivity contribution in [2.24, 2.45) is 0 Å². The maximum atomic E-state index is 13.3. The van der Waals surface area contributed by atoms with Crippen molar-refractivity contribution in [3.63, 3.8) is 0 Å². The number of nitrogens with zero attached hydrogens (tertiary/aromatic N) is 3.